The molecule has 2 nitrogen and oxygen atoms in total. The van der Waals surface area contributed by atoms with E-state index in [0.717, 1.165) is 18.8 Å². The number of alkyl halides is 1. The van der Waals surface area contributed by atoms with Crippen LogP contribution in [0.25, 0.3) is 0 Å². The van der Waals surface area contributed by atoms with Gasteiger partial charge in [0.05, 0.1) is 0 Å². The molecular weight excluding hydrogens is 234 g/mol. The predicted octanol–water partition coefficient (Wildman–Crippen LogP) is 3.82. The zero-order valence-electron chi connectivity index (χ0n) is 11.4. The number of hydrogen-bond donors (Lipinski definition) is 0. The number of carbonyl (C=O) groups is 1. The van der Waals surface area contributed by atoms with E-state index >= 15 is 0 Å². The van der Waals surface area contributed by atoms with Crippen molar-refractivity contribution >= 4 is 17.5 Å². The summed E-state index contributed by atoms with van der Waals surface area (Å²) >= 11 is 5.70. The molecule has 1 fully saturated rings. The molecule has 0 N–H and O–H groups in total. The summed E-state index contributed by atoms with van der Waals surface area (Å²) in [6.07, 6.45) is 7.49. The summed E-state index contributed by atoms with van der Waals surface area (Å²) in [7, 11) is 0. The van der Waals surface area contributed by atoms with Gasteiger partial charge in [0.15, 0.2) is 0 Å². The third kappa shape index (κ3) is 4.17. The number of carbonyl (C=O) groups excluding carboxylic acids is 1. The van der Waals surface area contributed by atoms with Crippen LogP contribution in [-0.4, -0.2) is 28.8 Å². The van der Waals surface area contributed by atoms with Gasteiger partial charge in [-0.05, 0) is 45.4 Å². The molecule has 0 aromatic rings. The maximum Gasteiger partial charge on any atom is 0.237 e. The van der Waals surface area contributed by atoms with E-state index in [0.29, 0.717) is 6.04 Å². The zero-order valence-corrected chi connectivity index (χ0v) is 12.2. The van der Waals surface area contributed by atoms with Crippen molar-refractivity contribution in [2.45, 2.75) is 71.4 Å². The van der Waals surface area contributed by atoms with Crippen LogP contribution in [0.2, 0.25) is 0 Å². The Labute approximate surface area is 111 Å². The molecule has 1 rings (SSSR count). The van der Waals surface area contributed by atoms with Gasteiger partial charge in [-0.15, -0.1) is 11.6 Å². The van der Waals surface area contributed by atoms with Gasteiger partial charge in [-0.3, -0.25) is 4.79 Å². The fourth-order valence-corrected chi connectivity index (χ4v) is 3.24. The van der Waals surface area contributed by atoms with Crippen LogP contribution in [-0.2, 0) is 4.79 Å². The van der Waals surface area contributed by atoms with Gasteiger partial charge >= 0.3 is 0 Å². The van der Waals surface area contributed by atoms with E-state index in [4.69, 9.17) is 11.6 Å². The minimum absolute atomic E-state index is 0.0978. The first-order valence-electron chi connectivity index (χ1n) is 6.97. The molecule has 0 atom stereocenters. The van der Waals surface area contributed by atoms with Crippen LogP contribution in [0.1, 0.15) is 59.3 Å². The minimum Gasteiger partial charge on any atom is -0.336 e. The van der Waals surface area contributed by atoms with Crippen LogP contribution < -0.4 is 0 Å². The molecular formula is C14H26ClNO. The first kappa shape index (κ1) is 14.8. The maximum atomic E-state index is 11.9. The highest BCUT2D eigenvalue weighted by atomic mass is 35.5. The Kier molecular flexibility index (Phi) is 6.32. The monoisotopic (exact) mass is 259 g/mol. The lowest BCUT2D eigenvalue weighted by atomic mass is 9.82. The molecule has 0 aliphatic heterocycles. The predicted molar refractivity (Wildman–Crippen MR) is 73.4 cm³/mol. The van der Waals surface area contributed by atoms with Crippen LogP contribution in [0.3, 0.4) is 0 Å². The summed E-state index contributed by atoms with van der Waals surface area (Å²) in [5, 5.41) is 0. The summed E-state index contributed by atoms with van der Waals surface area (Å²) in [5.74, 6) is 1.10. The standard InChI is InChI=1S/C14H26ClNO/c1-4-5-12-6-8-13(9-7-12)16(11(2)3)14(17)10-15/h11-13H,4-10H2,1-3H3. The molecule has 0 unspecified atom stereocenters. The van der Waals surface area contributed by atoms with Crippen molar-refractivity contribution in [3.63, 3.8) is 0 Å². The molecule has 1 saturated carbocycles. The minimum atomic E-state index is 0.0978. The summed E-state index contributed by atoms with van der Waals surface area (Å²) in [5.41, 5.74) is 0. The molecule has 1 amide bonds. The van der Waals surface area contributed by atoms with E-state index in [1.807, 2.05) is 4.90 Å². The van der Waals surface area contributed by atoms with Crippen molar-refractivity contribution in [3.05, 3.63) is 0 Å². The second-order valence-corrected chi connectivity index (χ2v) is 5.76. The van der Waals surface area contributed by atoms with Crippen molar-refractivity contribution in [3.8, 4) is 0 Å². The smallest absolute Gasteiger partial charge is 0.237 e. The van der Waals surface area contributed by atoms with E-state index in [2.05, 4.69) is 20.8 Å². The molecule has 0 aromatic heterocycles. The highest BCUT2D eigenvalue weighted by molar-refractivity contribution is 6.27. The molecule has 0 saturated heterocycles. The Morgan fingerprint density at radius 1 is 1.29 bits per heavy atom. The van der Waals surface area contributed by atoms with Gasteiger partial charge in [0.25, 0.3) is 0 Å². The molecule has 0 spiro atoms. The number of amides is 1. The van der Waals surface area contributed by atoms with E-state index < -0.39 is 0 Å². The highest BCUT2D eigenvalue weighted by Crippen LogP contribution is 2.31. The van der Waals surface area contributed by atoms with Crippen LogP contribution >= 0.6 is 11.6 Å². The Morgan fingerprint density at radius 3 is 2.29 bits per heavy atom. The first-order chi connectivity index (χ1) is 8.10. The lowest BCUT2D eigenvalue weighted by molar-refractivity contribution is -0.133. The van der Waals surface area contributed by atoms with E-state index in [1.165, 1.54) is 25.7 Å². The molecule has 100 valence electrons. The third-order valence-electron chi connectivity index (χ3n) is 3.87. The van der Waals surface area contributed by atoms with E-state index in [1.54, 1.807) is 0 Å². The number of hydrogen-bond acceptors (Lipinski definition) is 1. The summed E-state index contributed by atoms with van der Waals surface area (Å²) in [4.78, 5) is 13.9. The van der Waals surface area contributed by atoms with Gasteiger partial charge in [0.2, 0.25) is 5.91 Å². The van der Waals surface area contributed by atoms with Crippen molar-refractivity contribution in [1.29, 1.82) is 0 Å². The Balaban J connectivity index is 2.52. The van der Waals surface area contributed by atoms with E-state index in [9.17, 15) is 4.79 Å². The van der Waals surface area contributed by atoms with Gasteiger partial charge in [0, 0.05) is 12.1 Å². The van der Waals surface area contributed by atoms with Crippen molar-refractivity contribution in [1.82, 2.24) is 4.90 Å². The SMILES string of the molecule is CCCC1CCC(N(C(=O)CCl)C(C)C)CC1. The Bertz CT molecular complexity index is 234. The van der Waals surface area contributed by atoms with Crippen LogP contribution in [0, 0.1) is 5.92 Å². The molecule has 0 aromatic carbocycles. The molecule has 3 heteroatoms. The fourth-order valence-electron chi connectivity index (χ4n) is 3.10. The summed E-state index contributed by atoms with van der Waals surface area (Å²) in [6.45, 7) is 6.43. The fraction of sp³-hybridized carbons (Fsp3) is 0.929. The van der Waals surface area contributed by atoms with Crippen LogP contribution in [0.5, 0.6) is 0 Å². The lowest BCUT2D eigenvalue weighted by Crippen LogP contribution is -2.47. The number of rotatable bonds is 5. The zero-order chi connectivity index (χ0) is 12.8. The van der Waals surface area contributed by atoms with Crippen molar-refractivity contribution in [2.75, 3.05) is 5.88 Å². The van der Waals surface area contributed by atoms with Crippen LogP contribution in [0.4, 0.5) is 0 Å². The normalized spacial score (nSPS) is 25.0. The van der Waals surface area contributed by atoms with E-state index in [-0.39, 0.29) is 17.8 Å². The largest absolute Gasteiger partial charge is 0.336 e. The molecule has 0 radical (unpaired) electrons. The number of nitrogens with zero attached hydrogens (tertiary/aromatic N) is 1. The maximum absolute atomic E-state index is 11.9. The van der Waals surface area contributed by atoms with Crippen molar-refractivity contribution < 1.29 is 4.79 Å². The average molecular weight is 260 g/mol. The second kappa shape index (κ2) is 7.25. The average Bonchev–Trinajstić information content (AvgIpc) is 2.31. The Hall–Kier alpha value is -0.240. The molecule has 1 aliphatic carbocycles. The van der Waals surface area contributed by atoms with Crippen LogP contribution in [0.15, 0.2) is 0 Å². The Morgan fingerprint density at radius 2 is 1.88 bits per heavy atom. The molecule has 0 bridgehead atoms. The lowest BCUT2D eigenvalue weighted by Gasteiger charge is -2.39. The van der Waals surface area contributed by atoms with Gasteiger partial charge in [-0.2, -0.15) is 0 Å². The van der Waals surface area contributed by atoms with Gasteiger partial charge < -0.3 is 4.90 Å². The summed E-state index contributed by atoms with van der Waals surface area (Å²) in [6, 6.07) is 0.698. The molecule has 0 heterocycles. The molecule has 17 heavy (non-hydrogen) atoms. The topological polar surface area (TPSA) is 20.3 Å². The van der Waals surface area contributed by atoms with Gasteiger partial charge in [0.1, 0.15) is 5.88 Å². The molecule has 1 aliphatic rings. The first-order valence-corrected chi connectivity index (χ1v) is 7.50. The third-order valence-corrected chi connectivity index (χ3v) is 4.09. The summed E-state index contributed by atoms with van der Waals surface area (Å²) < 4.78 is 0. The quantitative estimate of drug-likeness (QED) is 0.688. The van der Waals surface area contributed by atoms with Crippen molar-refractivity contribution in [2.24, 2.45) is 5.92 Å². The van der Waals surface area contributed by atoms with Gasteiger partial charge in [-0.25, -0.2) is 0 Å². The second-order valence-electron chi connectivity index (χ2n) is 5.49. The highest BCUT2D eigenvalue weighted by Gasteiger charge is 2.29. The van der Waals surface area contributed by atoms with Gasteiger partial charge in [-0.1, -0.05) is 19.8 Å². The number of halogens is 1.